The summed E-state index contributed by atoms with van der Waals surface area (Å²) < 4.78 is 5.57. The molecule has 5 heteroatoms. The highest BCUT2D eigenvalue weighted by atomic mass is 16.5. The van der Waals surface area contributed by atoms with Gasteiger partial charge in [-0.2, -0.15) is 0 Å². The van der Waals surface area contributed by atoms with Crippen molar-refractivity contribution in [2.45, 2.75) is 38.0 Å². The van der Waals surface area contributed by atoms with Crippen LogP contribution in [0.1, 0.15) is 20.3 Å². The second-order valence-electron chi connectivity index (χ2n) is 5.22. The number of nitrogens with zero attached hydrogens (tertiary/aromatic N) is 1. The number of carbonyl (C=O) groups is 1. The van der Waals surface area contributed by atoms with Crippen LogP contribution in [0.3, 0.4) is 0 Å². The van der Waals surface area contributed by atoms with Gasteiger partial charge in [-0.3, -0.25) is 4.79 Å². The number of amides is 1. The highest BCUT2D eigenvalue weighted by molar-refractivity contribution is 5.82. The van der Waals surface area contributed by atoms with Gasteiger partial charge in [0.25, 0.3) is 0 Å². The van der Waals surface area contributed by atoms with E-state index in [4.69, 9.17) is 4.74 Å². The van der Waals surface area contributed by atoms with Crippen molar-refractivity contribution in [3.63, 3.8) is 0 Å². The summed E-state index contributed by atoms with van der Waals surface area (Å²) in [6.07, 6.45) is 0.138. The van der Waals surface area contributed by atoms with Crippen molar-refractivity contribution >= 4 is 5.91 Å². The van der Waals surface area contributed by atoms with Gasteiger partial charge in [0.1, 0.15) is 0 Å². The maximum Gasteiger partial charge on any atom is 0.239 e. The van der Waals surface area contributed by atoms with Gasteiger partial charge < -0.3 is 20.1 Å². The minimum atomic E-state index is -0.386. The van der Waals surface area contributed by atoms with Crippen molar-refractivity contribution < 1.29 is 14.6 Å². The summed E-state index contributed by atoms with van der Waals surface area (Å²) in [7, 11) is 0. The van der Waals surface area contributed by atoms with Crippen LogP contribution in [-0.2, 0) is 9.53 Å². The van der Waals surface area contributed by atoms with Crippen molar-refractivity contribution in [3.8, 4) is 0 Å². The van der Waals surface area contributed by atoms with E-state index >= 15 is 0 Å². The Morgan fingerprint density at radius 3 is 2.88 bits per heavy atom. The number of β-amino-alcohol motifs (C(OH)–C–C–N with tert-alkyl or cyclic N) is 1. The Morgan fingerprint density at radius 2 is 2.31 bits per heavy atom. The summed E-state index contributed by atoms with van der Waals surface area (Å²) in [6.45, 7) is 6.36. The van der Waals surface area contributed by atoms with Gasteiger partial charge >= 0.3 is 0 Å². The number of carbonyl (C=O) groups excluding carboxylic acids is 1. The molecule has 0 spiro atoms. The van der Waals surface area contributed by atoms with Crippen LogP contribution in [0.25, 0.3) is 0 Å². The van der Waals surface area contributed by atoms with Gasteiger partial charge in [0.15, 0.2) is 0 Å². The molecule has 16 heavy (non-hydrogen) atoms. The normalized spacial score (nSPS) is 34.1. The predicted octanol–water partition coefficient (Wildman–Crippen LogP) is -0.653. The minimum Gasteiger partial charge on any atom is -0.392 e. The first-order valence-corrected chi connectivity index (χ1v) is 5.82. The average molecular weight is 228 g/mol. The van der Waals surface area contributed by atoms with Crippen LogP contribution < -0.4 is 5.32 Å². The summed E-state index contributed by atoms with van der Waals surface area (Å²) in [5.74, 6) is 0.0907. The lowest BCUT2D eigenvalue weighted by Crippen LogP contribution is -2.54. The first-order chi connectivity index (χ1) is 7.48. The van der Waals surface area contributed by atoms with Gasteiger partial charge in [-0.15, -0.1) is 0 Å². The van der Waals surface area contributed by atoms with Crippen molar-refractivity contribution in [1.82, 2.24) is 10.2 Å². The lowest BCUT2D eigenvalue weighted by Gasteiger charge is -2.39. The molecule has 0 radical (unpaired) electrons. The van der Waals surface area contributed by atoms with Crippen LogP contribution >= 0.6 is 0 Å². The van der Waals surface area contributed by atoms with Crippen LogP contribution in [0.15, 0.2) is 0 Å². The van der Waals surface area contributed by atoms with E-state index in [1.807, 2.05) is 18.7 Å². The Labute approximate surface area is 95.8 Å². The van der Waals surface area contributed by atoms with Crippen LogP contribution in [0, 0.1) is 0 Å². The predicted molar refractivity (Wildman–Crippen MR) is 59.0 cm³/mol. The Bertz CT molecular complexity index is 280. The first-order valence-electron chi connectivity index (χ1n) is 5.82. The fraction of sp³-hybridized carbons (Fsp3) is 0.909. The third kappa shape index (κ3) is 2.53. The first kappa shape index (κ1) is 11.8. The van der Waals surface area contributed by atoms with Gasteiger partial charge in [0, 0.05) is 19.6 Å². The lowest BCUT2D eigenvalue weighted by molar-refractivity contribution is -0.147. The topological polar surface area (TPSA) is 61.8 Å². The number of ether oxygens (including phenoxy) is 1. The second kappa shape index (κ2) is 4.31. The largest absolute Gasteiger partial charge is 0.392 e. The number of aliphatic hydroxyl groups is 1. The molecule has 2 aliphatic rings. The Morgan fingerprint density at radius 1 is 1.56 bits per heavy atom. The van der Waals surface area contributed by atoms with E-state index in [-0.39, 0.29) is 23.7 Å². The lowest BCUT2D eigenvalue weighted by atomic mass is 10.1. The fourth-order valence-electron chi connectivity index (χ4n) is 2.33. The van der Waals surface area contributed by atoms with E-state index in [1.54, 1.807) is 0 Å². The zero-order valence-electron chi connectivity index (χ0n) is 9.90. The van der Waals surface area contributed by atoms with Crippen molar-refractivity contribution in [2.24, 2.45) is 0 Å². The SMILES string of the molecule is CC1(C)CN(C(=O)C2CC(O)CN2)CCO1. The van der Waals surface area contributed by atoms with Gasteiger partial charge in [-0.05, 0) is 20.3 Å². The molecular formula is C11H20N2O3. The molecule has 0 saturated carbocycles. The maximum absolute atomic E-state index is 12.1. The number of rotatable bonds is 1. The van der Waals surface area contributed by atoms with E-state index in [0.717, 1.165) is 0 Å². The molecule has 0 aromatic carbocycles. The van der Waals surface area contributed by atoms with Gasteiger partial charge in [-0.25, -0.2) is 0 Å². The molecule has 92 valence electrons. The number of hydrogen-bond donors (Lipinski definition) is 2. The summed E-state index contributed by atoms with van der Waals surface area (Å²) in [4.78, 5) is 14.0. The van der Waals surface area contributed by atoms with Crippen molar-refractivity contribution in [3.05, 3.63) is 0 Å². The molecule has 5 nitrogen and oxygen atoms in total. The third-order valence-electron chi connectivity index (χ3n) is 3.14. The number of morpholine rings is 1. The van der Waals surface area contributed by atoms with Gasteiger partial charge in [0.2, 0.25) is 5.91 Å². The number of hydrogen-bond acceptors (Lipinski definition) is 4. The maximum atomic E-state index is 12.1. The molecule has 2 saturated heterocycles. The average Bonchev–Trinajstić information content (AvgIpc) is 2.62. The smallest absolute Gasteiger partial charge is 0.239 e. The molecule has 0 aromatic rings. The van der Waals surface area contributed by atoms with E-state index in [9.17, 15) is 9.90 Å². The molecule has 2 rings (SSSR count). The summed E-state index contributed by atoms with van der Waals surface area (Å²) >= 11 is 0. The Kier molecular flexibility index (Phi) is 3.19. The van der Waals surface area contributed by atoms with E-state index in [1.165, 1.54) is 0 Å². The highest BCUT2D eigenvalue weighted by Crippen LogP contribution is 2.18. The monoisotopic (exact) mass is 228 g/mol. The molecule has 1 amide bonds. The molecular weight excluding hydrogens is 208 g/mol. The fourth-order valence-corrected chi connectivity index (χ4v) is 2.33. The molecule has 2 atom stereocenters. The van der Waals surface area contributed by atoms with E-state index < -0.39 is 0 Å². The highest BCUT2D eigenvalue weighted by Gasteiger charge is 2.35. The second-order valence-corrected chi connectivity index (χ2v) is 5.22. The summed E-state index contributed by atoms with van der Waals surface area (Å²) in [5, 5.41) is 12.4. The number of nitrogens with one attached hydrogen (secondary N) is 1. The van der Waals surface area contributed by atoms with E-state index in [0.29, 0.717) is 32.7 Å². The molecule has 0 bridgehead atoms. The Balaban J connectivity index is 1.94. The number of aliphatic hydroxyl groups excluding tert-OH is 1. The quantitative estimate of drug-likeness (QED) is 0.626. The van der Waals surface area contributed by atoms with Crippen LogP contribution in [-0.4, -0.2) is 59.9 Å². The molecule has 2 fully saturated rings. The standard InChI is InChI=1S/C11H20N2O3/c1-11(2)7-13(3-4-16-11)10(15)9-5-8(14)6-12-9/h8-9,12,14H,3-7H2,1-2H3. The molecule has 2 N–H and O–H groups in total. The summed E-state index contributed by atoms with van der Waals surface area (Å²) in [5.41, 5.74) is -0.259. The summed E-state index contributed by atoms with van der Waals surface area (Å²) in [6, 6.07) is -0.219. The molecule has 2 aliphatic heterocycles. The Hall–Kier alpha value is -0.650. The molecule has 2 heterocycles. The van der Waals surface area contributed by atoms with Crippen molar-refractivity contribution in [2.75, 3.05) is 26.2 Å². The van der Waals surface area contributed by atoms with Crippen LogP contribution in [0.2, 0.25) is 0 Å². The minimum absolute atomic E-state index is 0.0907. The third-order valence-corrected chi connectivity index (χ3v) is 3.14. The van der Waals surface area contributed by atoms with E-state index in [2.05, 4.69) is 5.32 Å². The van der Waals surface area contributed by atoms with Crippen LogP contribution in [0.5, 0.6) is 0 Å². The van der Waals surface area contributed by atoms with Crippen LogP contribution in [0.4, 0.5) is 0 Å². The van der Waals surface area contributed by atoms with Gasteiger partial charge in [0.05, 0.1) is 24.4 Å². The van der Waals surface area contributed by atoms with Gasteiger partial charge in [-0.1, -0.05) is 0 Å². The van der Waals surface area contributed by atoms with Crippen molar-refractivity contribution in [1.29, 1.82) is 0 Å². The molecule has 0 aromatic heterocycles. The zero-order valence-corrected chi connectivity index (χ0v) is 9.90. The molecule has 0 aliphatic carbocycles. The zero-order chi connectivity index (χ0) is 11.8. The molecule has 2 unspecified atom stereocenters.